The third-order valence-corrected chi connectivity index (χ3v) is 4.35. The van der Waals surface area contributed by atoms with E-state index in [1.807, 2.05) is 19.1 Å². The molecule has 2 aromatic rings. The van der Waals surface area contributed by atoms with Crippen LogP contribution in [0.25, 0.3) is 0 Å². The lowest BCUT2D eigenvalue weighted by atomic mass is 10.0. The number of carbonyl (C=O) groups excluding carboxylic acids is 2. The lowest BCUT2D eigenvalue weighted by Crippen LogP contribution is -2.25. The van der Waals surface area contributed by atoms with Crippen molar-refractivity contribution in [3.63, 3.8) is 0 Å². The minimum absolute atomic E-state index is 0.324. The molecule has 1 atom stereocenters. The first-order chi connectivity index (χ1) is 12.1. The fraction of sp³-hybridized carbons (Fsp3) is 0.263. The van der Waals surface area contributed by atoms with Crippen LogP contribution in [-0.2, 0) is 14.8 Å². The lowest BCUT2D eigenvalue weighted by Gasteiger charge is -2.14. The summed E-state index contributed by atoms with van der Waals surface area (Å²) in [4.78, 5) is 24.8. The van der Waals surface area contributed by atoms with E-state index in [0.717, 1.165) is 17.4 Å². The van der Waals surface area contributed by atoms with E-state index in [1.54, 1.807) is 13.0 Å². The normalized spacial score (nSPS) is 12.3. The van der Waals surface area contributed by atoms with Gasteiger partial charge in [-0.2, -0.15) is 0 Å². The van der Waals surface area contributed by atoms with Gasteiger partial charge in [0, 0.05) is 11.3 Å². The first kappa shape index (κ1) is 19.7. The van der Waals surface area contributed by atoms with Crippen molar-refractivity contribution >= 4 is 27.5 Å². The number of ether oxygens (including phenoxy) is 1. The molecule has 138 valence electrons. The number of nitrogens with one attached hydrogen (secondary N) is 1. The highest BCUT2D eigenvalue weighted by Gasteiger charge is 2.21. The Morgan fingerprint density at radius 3 is 2.23 bits per heavy atom. The zero-order valence-electron chi connectivity index (χ0n) is 15.1. The van der Waals surface area contributed by atoms with Crippen LogP contribution >= 0.6 is 0 Å². The second kappa shape index (κ2) is 7.70. The van der Waals surface area contributed by atoms with Crippen LogP contribution in [-0.4, -0.2) is 32.5 Å². The summed E-state index contributed by atoms with van der Waals surface area (Å²) in [5.74, 6) is -0.919. The van der Waals surface area contributed by atoms with Gasteiger partial charge in [-0.3, -0.25) is 9.52 Å². The van der Waals surface area contributed by atoms with Gasteiger partial charge >= 0.3 is 5.97 Å². The van der Waals surface area contributed by atoms with Gasteiger partial charge in [-0.05, 0) is 56.7 Å². The zero-order chi connectivity index (χ0) is 19.5. The number of sulfonamides is 1. The Kier molecular flexibility index (Phi) is 5.82. The van der Waals surface area contributed by atoms with E-state index in [9.17, 15) is 18.0 Å². The summed E-state index contributed by atoms with van der Waals surface area (Å²) in [7, 11) is -3.39. The van der Waals surface area contributed by atoms with Gasteiger partial charge < -0.3 is 4.74 Å². The Morgan fingerprint density at radius 1 is 1.04 bits per heavy atom. The van der Waals surface area contributed by atoms with Crippen molar-refractivity contribution in [3.05, 3.63) is 64.7 Å². The van der Waals surface area contributed by atoms with Crippen molar-refractivity contribution in [1.29, 1.82) is 0 Å². The quantitative estimate of drug-likeness (QED) is 0.619. The van der Waals surface area contributed by atoms with E-state index in [-0.39, 0.29) is 5.78 Å². The smallest absolute Gasteiger partial charge is 0.339 e. The van der Waals surface area contributed by atoms with Crippen LogP contribution in [0.2, 0.25) is 0 Å². The van der Waals surface area contributed by atoms with Crippen molar-refractivity contribution in [1.82, 2.24) is 0 Å². The number of ketones is 1. The molecule has 0 heterocycles. The van der Waals surface area contributed by atoms with Gasteiger partial charge in [0.2, 0.25) is 15.8 Å². The van der Waals surface area contributed by atoms with Gasteiger partial charge in [-0.15, -0.1) is 0 Å². The maximum atomic E-state index is 12.4. The Morgan fingerprint density at radius 2 is 1.65 bits per heavy atom. The Labute approximate surface area is 153 Å². The number of Topliss-reactive ketones (excluding diaryl/α,β-unsaturated/α-hetero) is 1. The van der Waals surface area contributed by atoms with Gasteiger partial charge in [0.15, 0.2) is 6.10 Å². The third-order valence-electron chi connectivity index (χ3n) is 3.74. The molecule has 0 aliphatic rings. The summed E-state index contributed by atoms with van der Waals surface area (Å²) in [6.45, 7) is 5.18. The summed E-state index contributed by atoms with van der Waals surface area (Å²) in [5.41, 5.74) is 2.80. The van der Waals surface area contributed by atoms with Crippen LogP contribution in [0.3, 0.4) is 0 Å². The highest BCUT2D eigenvalue weighted by Crippen LogP contribution is 2.16. The van der Waals surface area contributed by atoms with Crippen molar-refractivity contribution < 1.29 is 22.7 Å². The monoisotopic (exact) mass is 375 g/mol. The van der Waals surface area contributed by atoms with Crippen molar-refractivity contribution in [2.24, 2.45) is 0 Å². The number of carbonyl (C=O) groups is 2. The molecular formula is C19H21NO5S. The summed E-state index contributed by atoms with van der Waals surface area (Å²) < 4.78 is 30.0. The molecule has 1 unspecified atom stereocenters. The average Bonchev–Trinajstić information content (AvgIpc) is 2.55. The van der Waals surface area contributed by atoms with Crippen LogP contribution in [0.1, 0.15) is 38.8 Å². The second-order valence-electron chi connectivity index (χ2n) is 6.18. The summed E-state index contributed by atoms with van der Waals surface area (Å²) in [6.07, 6.45) is 0.0806. The van der Waals surface area contributed by atoms with Crippen LogP contribution < -0.4 is 4.72 Å². The number of anilines is 1. The molecule has 0 fully saturated rings. The average molecular weight is 375 g/mol. The van der Waals surface area contributed by atoms with E-state index in [0.29, 0.717) is 16.8 Å². The van der Waals surface area contributed by atoms with E-state index >= 15 is 0 Å². The number of rotatable bonds is 6. The van der Waals surface area contributed by atoms with Gasteiger partial charge in [0.25, 0.3) is 0 Å². The molecule has 0 aliphatic heterocycles. The highest BCUT2D eigenvalue weighted by molar-refractivity contribution is 7.92. The van der Waals surface area contributed by atoms with Gasteiger partial charge in [-0.1, -0.05) is 17.7 Å². The molecule has 0 spiro atoms. The first-order valence-electron chi connectivity index (χ1n) is 7.97. The molecule has 2 rings (SSSR count). The molecule has 7 heteroatoms. The molecule has 1 N–H and O–H groups in total. The standard InChI is InChI=1S/C19H21NO5S/c1-12-5-6-13(2)17(11-12)19(22)25-14(3)18(21)15-7-9-16(10-8-15)20-26(4,23)24/h5-11,14,20H,1-4H3. The number of aryl methyl sites for hydroxylation is 2. The first-order valence-corrected chi connectivity index (χ1v) is 9.86. The van der Waals surface area contributed by atoms with Crippen molar-refractivity contribution in [3.8, 4) is 0 Å². The summed E-state index contributed by atoms with van der Waals surface area (Å²) in [5, 5.41) is 0. The van der Waals surface area contributed by atoms with Crippen LogP contribution in [0, 0.1) is 13.8 Å². The SMILES string of the molecule is Cc1ccc(C)c(C(=O)OC(C)C(=O)c2ccc(NS(C)(=O)=O)cc2)c1. The summed E-state index contributed by atoms with van der Waals surface area (Å²) >= 11 is 0. The van der Waals surface area contributed by atoms with E-state index in [2.05, 4.69) is 4.72 Å². The molecular weight excluding hydrogens is 354 g/mol. The largest absolute Gasteiger partial charge is 0.451 e. The molecule has 26 heavy (non-hydrogen) atoms. The topological polar surface area (TPSA) is 89.5 Å². The minimum Gasteiger partial charge on any atom is -0.451 e. The maximum Gasteiger partial charge on any atom is 0.339 e. The number of hydrogen-bond donors (Lipinski definition) is 1. The molecule has 0 aromatic heterocycles. The molecule has 0 saturated heterocycles. The maximum absolute atomic E-state index is 12.4. The number of hydrogen-bond acceptors (Lipinski definition) is 5. The van der Waals surface area contributed by atoms with Gasteiger partial charge in [0.05, 0.1) is 11.8 Å². The number of benzene rings is 2. The Bertz CT molecular complexity index is 933. The Hall–Kier alpha value is -2.67. The Balaban J connectivity index is 2.09. The molecule has 0 amide bonds. The van der Waals surface area contributed by atoms with Crippen molar-refractivity contribution in [2.75, 3.05) is 11.0 Å². The highest BCUT2D eigenvalue weighted by atomic mass is 32.2. The molecule has 0 aliphatic carbocycles. The van der Waals surface area contributed by atoms with Crippen molar-refractivity contribution in [2.45, 2.75) is 26.9 Å². The predicted molar refractivity (Wildman–Crippen MR) is 100 cm³/mol. The fourth-order valence-corrected chi connectivity index (χ4v) is 2.95. The summed E-state index contributed by atoms with van der Waals surface area (Å²) in [6, 6.07) is 11.4. The molecule has 0 radical (unpaired) electrons. The minimum atomic E-state index is -3.39. The van der Waals surface area contributed by atoms with Gasteiger partial charge in [0.1, 0.15) is 0 Å². The third kappa shape index (κ3) is 5.16. The molecule has 0 bridgehead atoms. The van der Waals surface area contributed by atoms with E-state index in [4.69, 9.17) is 4.74 Å². The van der Waals surface area contributed by atoms with Crippen LogP contribution in [0.4, 0.5) is 5.69 Å². The van der Waals surface area contributed by atoms with Crippen LogP contribution in [0.5, 0.6) is 0 Å². The van der Waals surface area contributed by atoms with Gasteiger partial charge in [-0.25, -0.2) is 13.2 Å². The van der Waals surface area contributed by atoms with E-state index < -0.39 is 22.1 Å². The fourth-order valence-electron chi connectivity index (χ4n) is 2.38. The second-order valence-corrected chi connectivity index (χ2v) is 7.93. The zero-order valence-corrected chi connectivity index (χ0v) is 15.9. The lowest BCUT2D eigenvalue weighted by molar-refractivity contribution is 0.0318. The molecule has 6 nitrogen and oxygen atoms in total. The predicted octanol–water partition coefficient (Wildman–Crippen LogP) is 3.10. The van der Waals surface area contributed by atoms with Crippen LogP contribution in [0.15, 0.2) is 42.5 Å². The molecule has 2 aromatic carbocycles. The van der Waals surface area contributed by atoms with E-state index in [1.165, 1.54) is 31.2 Å². The molecule has 0 saturated carbocycles. The number of esters is 1.